The van der Waals surface area contributed by atoms with Gasteiger partial charge in [0.2, 0.25) is 5.89 Å². The Hall–Kier alpha value is -1.67. The van der Waals surface area contributed by atoms with E-state index in [1.54, 1.807) is 11.3 Å². The van der Waals surface area contributed by atoms with Gasteiger partial charge in [-0.15, -0.1) is 11.3 Å². The number of thioether (sulfide) groups is 1. The van der Waals surface area contributed by atoms with Crippen molar-refractivity contribution in [1.82, 2.24) is 20.1 Å². The lowest BCUT2D eigenvalue weighted by atomic mass is 9.97. The highest BCUT2D eigenvalue weighted by Crippen LogP contribution is 2.34. The molecule has 132 valence electrons. The van der Waals surface area contributed by atoms with Crippen LogP contribution in [-0.2, 0) is 25.0 Å². The maximum Gasteiger partial charge on any atom is 0.260 e. The van der Waals surface area contributed by atoms with E-state index >= 15 is 0 Å². The van der Waals surface area contributed by atoms with Crippen molar-refractivity contribution in [2.45, 2.75) is 62.8 Å². The first kappa shape index (κ1) is 16.8. The summed E-state index contributed by atoms with van der Waals surface area (Å²) < 4.78 is 5.27. The molecule has 1 N–H and O–H groups in total. The lowest BCUT2D eigenvalue weighted by Crippen LogP contribution is -2.10. The van der Waals surface area contributed by atoms with E-state index in [9.17, 15) is 4.79 Å². The molecule has 3 heterocycles. The van der Waals surface area contributed by atoms with Crippen molar-refractivity contribution in [2.75, 3.05) is 0 Å². The molecule has 3 aromatic heterocycles. The third-order valence-corrected chi connectivity index (χ3v) is 6.44. The zero-order valence-electron chi connectivity index (χ0n) is 14.1. The molecule has 3 aromatic rings. The molecule has 0 unspecified atom stereocenters. The SMILES string of the molecule is CCCCc1noc(CSc2nc3sc4c(c3c(=O)[nH]2)CCCC4)n1. The molecule has 0 fully saturated rings. The van der Waals surface area contributed by atoms with Crippen LogP contribution in [0.5, 0.6) is 0 Å². The number of nitrogens with zero attached hydrogens (tertiary/aromatic N) is 3. The standard InChI is InChI=1S/C17H20N4O2S2/c1-2-3-8-12-18-13(23-21-12)9-24-17-19-15(22)14-10-6-4-5-7-11(10)25-16(14)20-17/h2-9H2,1H3,(H,19,20,22). The van der Waals surface area contributed by atoms with Crippen LogP contribution >= 0.6 is 23.1 Å². The number of aryl methyl sites for hydroxylation is 3. The van der Waals surface area contributed by atoms with Crippen LogP contribution in [0.15, 0.2) is 14.5 Å². The Kier molecular flexibility index (Phi) is 4.89. The highest BCUT2D eigenvalue weighted by Gasteiger charge is 2.20. The summed E-state index contributed by atoms with van der Waals surface area (Å²) in [5.74, 6) is 1.84. The van der Waals surface area contributed by atoms with Gasteiger partial charge in [-0.05, 0) is 37.7 Å². The third-order valence-electron chi connectivity index (χ3n) is 4.40. The second kappa shape index (κ2) is 7.29. The molecule has 1 aliphatic carbocycles. The van der Waals surface area contributed by atoms with Crippen LogP contribution in [0.25, 0.3) is 10.2 Å². The van der Waals surface area contributed by atoms with Gasteiger partial charge in [-0.25, -0.2) is 4.98 Å². The van der Waals surface area contributed by atoms with Crippen LogP contribution in [0.3, 0.4) is 0 Å². The molecule has 0 saturated carbocycles. The fourth-order valence-electron chi connectivity index (χ4n) is 3.13. The van der Waals surface area contributed by atoms with E-state index in [1.807, 2.05) is 0 Å². The number of nitrogens with one attached hydrogen (secondary N) is 1. The molecule has 0 aromatic carbocycles. The molecule has 6 nitrogen and oxygen atoms in total. The first-order chi connectivity index (χ1) is 12.2. The van der Waals surface area contributed by atoms with E-state index in [1.165, 1.54) is 28.6 Å². The number of hydrogen-bond acceptors (Lipinski definition) is 7. The number of H-pyrrole nitrogens is 1. The second-order valence-electron chi connectivity index (χ2n) is 6.26. The van der Waals surface area contributed by atoms with Gasteiger partial charge in [0.25, 0.3) is 5.56 Å². The number of hydrogen-bond donors (Lipinski definition) is 1. The van der Waals surface area contributed by atoms with E-state index < -0.39 is 0 Å². The lowest BCUT2D eigenvalue weighted by molar-refractivity contribution is 0.384. The topological polar surface area (TPSA) is 84.7 Å². The zero-order chi connectivity index (χ0) is 17.2. The largest absolute Gasteiger partial charge is 0.338 e. The van der Waals surface area contributed by atoms with Crippen molar-refractivity contribution in [1.29, 1.82) is 0 Å². The number of thiophene rings is 1. The molecule has 8 heteroatoms. The molecular formula is C17H20N4O2S2. The summed E-state index contributed by atoms with van der Waals surface area (Å²) in [6.45, 7) is 2.14. The van der Waals surface area contributed by atoms with Crippen molar-refractivity contribution in [3.05, 3.63) is 32.5 Å². The molecule has 0 bridgehead atoms. The lowest BCUT2D eigenvalue weighted by Gasteiger charge is -2.09. The van der Waals surface area contributed by atoms with Crippen LogP contribution in [0.2, 0.25) is 0 Å². The van der Waals surface area contributed by atoms with Crippen molar-refractivity contribution in [3.63, 3.8) is 0 Å². The summed E-state index contributed by atoms with van der Waals surface area (Å²) in [6, 6.07) is 0. The monoisotopic (exact) mass is 376 g/mol. The van der Waals surface area contributed by atoms with Crippen LogP contribution in [0.1, 0.15) is 54.8 Å². The average molecular weight is 377 g/mol. The van der Waals surface area contributed by atoms with Crippen LogP contribution in [0, 0.1) is 0 Å². The van der Waals surface area contributed by atoms with Gasteiger partial charge in [-0.2, -0.15) is 4.98 Å². The Morgan fingerprint density at radius 3 is 3.04 bits per heavy atom. The highest BCUT2D eigenvalue weighted by molar-refractivity contribution is 7.98. The van der Waals surface area contributed by atoms with Crippen molar-refractivity contribution in [2.24, 2.45) is 0 Å². The number of aromatic amines is 1. The molecule has 1 aliphatic rings. The number of fused-ring (bicyclic) bond motifs is 3. The van der Waals surface area contributed by atoms with Crippen LogP contribution in [0.4, 0.5) is 0 Å². The van der Waals surface area contributed by atoms with Crippen LogP contribution in [-0.4, -0.2) is 20.1 Å². The second-order valence-corrected chi connectivity index (χ2v) is 8.31. The van der Waals surface area contributed by atoms with Crippen molar-refractivity contribution in [3.8, 4) is 0 Å². The maximum atomic E-state index is 12.5. The van der Waals surface area contributed by atoms with Gasteiger partial charge in [-0.3, -0.25) is 4.79 Å². The highest BCUT2D eigenvalue weighted by atomic mass is 32.2. The van der Waals surface area contributed by atoms with Crippen molar-refractivity contribution < 1.29 is 4.52 Å². The normalized spacial score (nSPS) is 14.1. The Labute approximate surface area is 153 Å². The summed E-state index contributed by atoms with van der Waals surface area (Å²) in [5.41, 5.74) is 1.19. The minimum Gasteiger partial charge on any atom is -0.338 e. The third kappa shape index (κ3) is 3.50. The predicted molar refractivity (Wildman–Crippen MR) is 99.4 cm³/mol. The van der Waals surface area contributed by atoms with Gasteiger partial charge >= 0.3 is 0 Å². The van der Waals surface area contributed by atoms with Gasteiger partial charge in [-0.1, -0.05) is 30.3 Å². The molecule has 25 heavy (non-hydrogen) atoms. The molecule has 0 spiro atoms. The van der Waals surface area contributed by atoms with Gasteiger partial charge in [0, 0.05) is 11.3 Å². The van der Waals surface area contributed by atoms with Crippen LogP contribution < -0.4 is 5.56 Å². The minimum absolute atomic E-state index is 0.0268. The summed E-state index contributed by atoms with van der Waals surface area (Å²) in [4.78, 5) is 26.6. The number of unbranched alkanes of at least 4 members (excludes halogenated alkanes) is 1. The average Bonchev–Trinajstić information content (AvgIpc) is 3.22. The Morgan fingerprint density at radius 2 is 2.16 bits per heavy atom. The molecule has 4 rings (SSSR count). The summed E-state index contributed by atoms with van der Waals surface area (Å²) in [6.07, 6.45) is 7.43. The fraction of sp³-hybridized carbons (Fsp3) is 0.529. The first-order valence-electron chi connectivity index (χ1n) is 8.73. The molecular weight excluding hydrogens is 356 g/mol. The molecule has 0 atom stereocenters. The first-order valence-corrected chi connectivity index (χ1v) is 10.5. The van der Waals surface area contributed by atoms with E-state index in [0.29, 0.717) is 16.8 Å². The van der Waals surface area contributed by atoms with E-state index in [4.69, 9.17) is 4.52 Å². The van der Waals surface area contributed by atoms with E-state index in [-0.39, 0.29) is 5.56 Å². The van der Waals surface area contributed by atoms with Gasteiger partial charge in [0.1, 0.15) is 4.83 Å². The summed E-state index contributed by atoms with van der Waals surface area (Å²) in [5, 5.41) is 5.40. The quantitative estimate of drug-likeness (QED) is 0.519. The zero-order valence-corrected chi connectivity index (χ0v) is 15.8. The van der Waals surface area contributed by atoms with Gasteiger partial charge in [0.15, 0.2) is 11.0 Å². The smallest absolute Gasteiger partial charge is 0.260 e. The Bertz CT molecular complexity index is 944. The minimum atomic E-state index is -0.0268. The molecule has 0 radical (unpaired) electrons. The van der Waals surface area contributed by atoms with E-state index in [0.717, 1.165) is 54.6 Å². The molecule has 0 saturated heterocycles. The maximum absolute atomic E-state index is 12.5. The molecule has 0 aliphatic heterocycles. The molecule has 0 amide bonds. The number of rotatable bonds is 6. The Balaban J connectivity index is 1.52. The van der Waals surface area contributed by atoms with Crippen molar-refractivity contribution >= 4 is 33.3 Å². The fourth-order valence-corrected chi connectivity index (χ4v) is 5.15. The van der Waals surface area contributed by atoms with Gasteiger partial charge in [0.05, 0.1) is 11.1 Å². The van der Waals surface area contributed by atoms with Gasteiger partial charge < -0.3 is 9.51 Å². The van der Waals surface area contributed by atoms with E-state index in [2.05, 4.69) is 27.0 Å². The predicted octanol–water partition coefficient (Wildman–Crippen LogP) is 3.88. The summed E-state index contributed by atoms with van der Waals surface area (Å²) in [7, 11) is 0. The summed E-state index contributed by atoms with van der Waals surface area (Å²) >= 11 is 3.10. The number of aromatic nitrogens is 4. The Morgan fingerprint density at radius 1 is 1.28 bits per heavy atom.